The number of pyridine rings is 1. The fourth-order valence-corrected chi connectivity index (χ4v) is 3.08. The molecular formula is C10H10F3N3O2S2. The van der Waals surface area contributed by atoms with E-state index in [1.807, 2.05) is 0 Å². The average molecular weight is 325 g/mol. The molecule has 0 saturated heterocycles. The van der Waals surface area contributed by atoms with E-state index >= 15 is 0 Å². The number of alkyl halides is 3. The molecule has 0 aliphatic heterocycles. The maximum atomic E-state index is 12.7. The lowest BCUT2D eigenvalue weighted by Crippen LogP contribution is -2.47. The van der Waals surface area contributed by atoms with Crippen molar-refractivity contribution < 1.29 is 21.6 Å². The van der Waals surface area contributed by atoms with Crippen molar-refractivity contribution in [1.29, 1.82) is 0 Å². The molecule has 1 aliphatic carbocycles. The van der Waals surface area contributed by atoms with E-state index in [9.17, 15) is 21.6 Å². The van der Waals surface area contributed by atoms with Crippen LogP contribution in [0, 0.1) is 0 Å². The number of halogens is 3. The third kappa shape index (κ3) is 2.76. The highest BCUT2D eigenvalue weighted by molar-refractivity contribution is 7.89. The summed E-state index contributed by atoms with van der Waals surface area (Å²) in [6.07, 6.45) is -4.24. The van der Waals surface area contributed by atoms with E-state index in [2.05, 4.69) is 17.2 Å². The average Bonchev–Trinajstić information content (AvgIpc) is 3.09. The summed E-state index contributed by atoms with van der Waals surface area (Å²) in [5.74, 6) is 0. The number of thiocarbonyl (C=S) groups is 1. The van der Waals surface area contributed by atoms with Crippen LogP contribution in [0.15, 0.2) is 23.2 Å². The summed E-state index contributed by atoms with van der Waals surface area (Å²) in [5, 5.41) is 0. The number of hydrogen-bond acceptors (Lipinski definition) is 4. The molecule has 1 aromatic heterocycles. The molecule has 0 radical (unpaired) electrons. The zero-order valence-electron chi connectivity index (χ0n) is 9.94. The lowest BCUT2D eigenvalue weighted by atomic mass is 10.3. The van der Waals surface area contributed by atoms with Gasteiger partial charge >= 0.3 is 6.18 Å². The van der Waals surface area contributed by atoms with Crippen molar-refractivity contribution in [1.82, 2.24) is 9.71 Å². The lowest BCUT2D eigenvalue weighted by molar-refractivity contribution is -0.160. The second kappa shape index (κ2) is 4.64. The van der Waals surface area contributed by atoms with E-state index in [0.717, 1.165) is 12.3 Å². The molecule has 0 amide bonds. The molecule has 1 heterocycles. The molecular weight excluding hydrogens is 315 g/mol. The first kappa shape index (κ1) is 15.1. The molecule has 110 valence electrons. The molecule has 5 nitrogen and oxygen atoms in total. The molecule has 1 aromatic rings. The quantitative estimate of drug-likeness (QED) is 0.810. The Morgan fingerprint density at radius 2 is 2.00 bits per heavy atom. The van der Waals surface area contributed by atoms with Crippen LogP contribution in [-0.4, -0.2) is 30.1 Å². The van der Waals surface area contributed by atoms with Crippen LogP contribution in [0.1, 0.15) is 18.5 Å². The summed E-state index contributed by atoms with van der Waals surface area (Å²) in [6.45, 7) is 0. The Labute approximate surface area is 118 Å². The van der Waals surface area contributed by atoms with Gasteiger partial charge in [-0.3, -0.25) is 4.98 Å². The molecule has 1 aliphatic rings. The largest absolute Gasteiger partial charge is 0.407 e. The van der Waals surface area contributed by atoms with Crippen molar-refractivity contribution in [3.63, 3.8) is 0 Å². The van der Waals surface area contributed by atoms with Crippen LogP contribution in [0.4, 0.5) is 13.2 Å². The van der Waals surface area contributed by atoms with Crippen molar-refractivity contribution in [2.45, 2.75) is 29.5 Å². The van der Waals surface area contributed by atoms with Gasteiger partial charge in [0.15, 0.2) is 0 Å². The third-order valence-corrected chi connectivity index (χ3v) is 4.65. The molecule has 0 spiro atoms. The zero-order chi connectivity index (χ0) is 15.2. The highest BCUT2D eigenvalue weighted by Gasteiger charge is 2.65. The van der Waals surface area contributed by atoms with Crippen LogP contribution in [0.5, 0.6) is 0 Å². The number of aromatic nitrogens is 1. The first-order chi connectivity index (χ1) is 9.07. The van der Waals surface area contributed by atoms with Gasteiger partial charge in [0.2, 0.25) is 10.0 Å². The molecule has 20 heavy (non-hydrogen) atoms. The van der Waals surface area contributed by atoms with Crippen LogP contribution >= 0.6 is 12.2 Å². The Bertz CT molecular complexity index is 637. The topological polar surface area (TPSA) is 85.1 Å². The van der Waals surface area contributed by atoms with Gasteiger partial charge in [0.05, 0.1) is 5.69 Å². The monoisotopic (exact) mass is 325 g/mol. The van der Waals surface area contributed by atoms with Gasteiger partial charge in [0.1, 0.15) is 15.4 Å². The number of hydrogen-bond donors (Lipinski definition) is 2. The van der Waals surface area contributed by atoms with Crippen LogP contribution in [0.25, 0.3) is 0 Å². The highest BCUT2D eigenvalue weighted by atomic mass is 32.2. The van der Waals surface area contributed by atoms with Crippen molar-refractivity contribution in [2.75, 3.05) is 0 Å². The fourth-order valence-electron chi connectivity index (χ4n) is 1.57. The molecule has 1 saturated carbocycles. The standard InChI is InChI=1S/C10H10F3N3O2S2/c11-10(12,13)9(3-4-9)16-20(17,18)6-1-2-7(8(14)19)15-5-6/h1-2,5,16H,3-4H2,(H2,14,19). The van der Waals surface area contributed by atoms with Crippen molar-refractivity contribution >= 4 is 27.2 Å². The minimum Gasteiger partial charge on any atom is -0.388 e. The minimum atomic E-state index is -4.62. The van der Waals surface area contributed by atoms with Gasteiger partial charge in [-0.1, -0.05) is 12.2 Å². The van der Waals surface area contributed by atoms with E-state index in [0.29, 0.717) is 0 Å². The Kier molecular flexibility index (Phi) is 3.51. The Hall–Kier alpha value is -1.26. The van der Waals surface area contributed by atoms with Gasteiger partial charge in [-0.05, 0) is 25.0 Å². The van der Waals surface area contributed by atoms with Crippen LogP contribution in [-0.2, 0) is 10.0 Å². The number of nitrogens with two attached hydrogens (primary N) is 1. The van der Waals surface area contributed by atoms with E-state index < -0.39 is 21.7 Å². The highest BCUT2D eigenvalue weighted by Crippen LogP contribution is 2.49. The molecule has 2 rings (SSSR count). The first-order valence-electron chi connectivity index (χ1n) is 5.44. The van der Waals surface area contributed by atoms with Gasteiger partial charge in [-0.15, -0.1) is 0 Å². The number of nitrogens with zero attached hydrogens (tertiary/aromatic N) is 1. The first-order valence-corrected chi connectivity index (χ1v) is 7.33. The van der Waals surface area contributed by atoms with Crippen LogP contribution in [0.2, 0.25) is 0 Å². The Morgan fingerprint density at radius 3 is 2.35 bits per heavy atom. The lowest BCUT2D eigenvalue weighted by Gasteiger charge is -2.20. The van der Waals surface area contributed by atoms with Crippen molar-refractivity contribution in [3.8, 4) is 0 Å². The van der Waals surface area contributed by atoms with Gasteiger partial charge in [0.25, 0.3) is 0 Å². The molecule has 10 heteroatoms. The number of rotatable bonds is 4. The van der Waals surface area contributed by atoms with Gasteiger partial charge in [-0.25, -0.2) is 8.42 Å². The minimum absolute atomic E-state index is 0.0316. The summed E-state index contributed by atoms with van der Waals surface area (Å²) >= 11 is 4.65. The van der Waals surface area contributed by atoms with Crippen molar-refractivity contribution in [3.05, 3.63) is 24.0 Å². The van der Waals surface area contributed by atoms with Gasteiger partial charge in [0, 0.05) is 6.20 Å². The van der Waals surface area contributed by atoms with E-state index in [1.165, 1.54) is 6.07 Å². The molecule has 0 bridgehead atoms. The maximum Gasteiger partial charge on any atom is 0.407 e. The SMILES string of the molecule is NC(=S)c1ccc(S(=O)(=O)NC2(C(F)(F)F)CC2)cn1. The van der Waals surface area contributed by atoms with Crippen LogP contribution < -0.4 is 10.5 Å². The Morgan fingerprint density at radius 1 is 1.40 bits per heavy atom. The molecule has 1 fully saturated rings. The third-order valence-electron chi connectivity index (χ3n) is 2.92. The molecule has 0 atom stereocenters. The predicted octanol–water partition coefficient (Wildman–Crippen LogP) is 1.09. The van der Waals surface area contributed by atoms with E-state index in [1.54, 1.807) is 4.72 Å². The van der Waals surface area contributed by atoms with Gasteiger partial charge < -0.3 is 5.73 Å². The number of nitrogens with one attached hydrogen (secondary N) is 1. The summed E-state index contributed by atoms with van der Waals surface area (Å²) in [7, 11) is -4.30. The molecule has 0 aromatic carbocycles. The van der Waals surface area contributed by atoms with Crippen molar-refractivity contribution in [2.24, 2.45) is 5.73 Å². The second-order valence-electron chi connectivity index (χ2n) is 4.43. The molecule has 0 unspecified atom stereocenters. The fraction of sp³-hybridized carbons (Fsp3) is 0.400. The summed E-state index contributed by atoms with van der Waals surface area (Å²) in [5.41, 5.74) is 3.13. The zero-order valence-corrected chi connectivity index (χ0v) is 11.6. The van der Waals surface area contributed by atoms with Crippen LogP contribution in [0.3, 0.4) is 0 Å². The normalized spacial score (nSPS) is 17.8. The Balaban J connectivity index is 2.26. The number of sulfonamides is 1. The van der Waals surface area contributed by atoms with E-state index in [-0.39, 0.29) is 28.4 Å². The van der Waals surface area contributed by atoms with E-state index in [4.69, 9.17) is 5.73 Å². The summed E-state index contributed by atoms with van der Waals surface area (Å²) < 4.78 is 63.7. The van der Waals surface area contributed by atoms with Gasteiger partial charge in [-0.2, -0.15) is 17.9 Å². The summed E-state index contributed by atoms with van der Waals surface area (Å²) in [4.78, 5) is 3.29. The summed E-state index contributed by atoms with van der Waals surface area (Å²) in [6, 6.07) is 2.35. The second-order valence-corrected chi connectivity index (χ2v) is 6.55. The smallest absolute Gasteiger partial charge is 0.388 e. The maximum absolute atomic E-state index is 12.7. The predicted molar refractivity (Wildman–Crippen MR) is 68.5 cm³/mol. The molecule has 3 N–H and O–H groups in total.